The molecule has 4 rings (SSSR count). The summed E-state index contributed by atoms with van der Waals surface area (Å²) in [4.78, 5) is 24.7. The molecule has 0 aliphatic rings. The monoisotopic (exact) mass is 350 g/mol. The molecule has 0 aliphatic carbocycles. The average molecular weight is 350 g/mol. The summed E-state index contributed by atoms with van der Waals surface area (Å²) < 4.78 is 1.84. The fourth-order valence-corrected chi connectivity index (χ4v) is 3.31. The van der Waals surface area contributed by atoms with Crippen molar-refractivity contribution >= 4 is 28.3 Å². The Morgan fingerprint density at radius 3 is 2.92 bits per heavy atom. The number of nitrogens with one attached hydrogen (secondary N) is 1. The van der Waals surface area contributed by atoms with E-state index in [0.29, 0.717) is 16.0 Å². The highest BCUT2D eigenvalue weighted by atomic mass is 32.1. The number of aromatic nitrogens is 3. The van der Waals surface area contributed by atoms with Crippen LogP contribution < -0.4 is 4.80 Å². The summed E-state index contributed by atoms with van der Waals surface area (Å²) in [5.41, 5.74) is 2.88. The quantitative estimate of drug-likeness (QED) is 0.596. The Kier molecular flexibility index (Phi) is 4.01. The summed E-state index contributed by atoms with van der Waals surface area (Å²) in [6.45, 7) is -0.00109. The number of aromatic amines is 1. The molecule has 3 aromatic heterocycles. The molecule has 6 nitrogen and oxygen atoms in total. The number of H-pyrrole nitrogens is 1. The average Bonchev–Trinajstić information content (AvgIpc) is 3.28. The Bertz CT molecular complexity index is 1110. The number of aliphatic hydroxyl groups excluding tert-OH is 1. The van der Waals surface area contributed by atoms with Crippen molar-refractivity contribution in [3.05, 3.63) is 76.3 Å². The Morgan fingerprint density at radius 2 is 2.12 bits per heavy atom. The van der Waals surface area contributed by atoms with E-state index in [9.17, 15) is 4.79 Å². The van der Waals surface area contributed by atoms with Crippen molar-refractivity contribution in [3.63, 3.8) is 0 Å². The molecule has 2 N–H and O–H groups in total. The smallest absolute Gasteiger partial charge is 0.281 e. The Morgan fingerprint density at radius 1 is 1.28 bits per heavy atom. The van der Waals surface area contributed by atoms with Gasteiger partial charge in [0.05, 0.1) is 12.2 Å². The summed E-state index contributed by atoms with van der Waals surface area (Å²) in [6, 6.07) is 11.1. The van der Waals surface area contributed by atoms with Crippen LogP contribution in [0.3, 0.4) is 0 Å². The van der Waals surface area contributed by atoms with Crippen LogP contribution in [0.1, 0.15) is 15.9 Å². The third-order valence-corrected chi connectivity index (χ3v) is 4.62. The molecule has 3 heterocycles. The Hall–Kier alpha value is -3.03. The van der Waals surface area contributed by atoms with Crippen LogP contribution >= 0.6 is 11.3 Å². The predicted octanol–water partition coefficient (Wildman–Crippen LogP) is 2.65. The molecule has 4 aromatic rings. The molecule has 7 heteroatoms. The van der Waals surface area contributed by atoms with Gasteiger partial charge in [0.1, 0.15) is 5.65 Å². The lowest BCUT2D eigenvalue weighted by Gasteiger charge is -2.03. The van der Waals surface area contributed by atoms with Gasteiger partial charge in [-0.05, 0) is 29.8 Å². The fourth-order valence-electron chi connectivity index (χ4n) is 2.59. The maximum absolute atomic E-state index is 12.6. The number of nitrogens with zero attached hydrogens (tertiary/aromatic N) is 3. The van der Waals surface area contributed by atoms with Gasteiger partial charge in [-0.2, -0.15) is 4.99 Å². The molecule has 0 unspecified atom stereocenters. The summed E-state index contributed by atoms with van der Waals surface area (Å²) in [7, 11) is 0. The van der Waals surface area contributed by atoms with Crippen molar-refractivity contribution in [2.45, 2.75) is 6.61 Å². The van der Waals surface area contributed by atoms with Crippen molar-refractivity contribution in [1.82, 2.24) is 14.5 Å². The second-order valence-electron chi connectivity index (χ2n) is 5.40. The number of rotatable bonds is 3. The minimum Gasteiger partial charge on any atom is -0.392 e. The molecule has 0 saturated carbocycles. The van der Waals surface area contributed by atoms with Crippen LogP contribution in [-0.2, 0) is 6.61 Å². The molecule has 0 bridgehead atoms. The molecule has 1 aromatic carbocycles. The molecule has 0 atom stereocenters. The minimum atomic E-state index is -0.317. The maximum Gasteiger partial charge on any atom is 0.281 e. The van der Waals surface area contributed by atoms with Crippen molar-refractivity contribution < 1.29 is 9.90 Å². The molecule has 0 spiro atoms. The lowest BCUT2D eigenvalue weighted by atomic mass is 10.2. The van der Waals surface area contributed by atoms with E-state index in [1.54, 1.807) is 18.5 Å². The van der Waals surface area contributed by atoms with Crippen molar-refractivity contribution in [1.29, 1.82) is 0 Å². The molecular formula is C18H14N4O2S. The van der Waals surface area contributed by atoms with E-state index in [4.69, 9.17) is 5.11 Å². The van der Waals surface area contributed by atoms with Gasteiger partial charge in [-0.1, -0.05) is 12.1 Å². The first-order valence-electron chi connectivity index (χ1n) is 7.64. The van der Waals surface area contributed by atoms with Gasteiger partial charge in [0.2, 0.25) is 0 Å². The third-order valence-electron chi connectivity index (χ3n) is 3.87. The van der Waals surface area contributed by atoms with Gasteiger partial charge in [0.15, 0.2) is 4.80 Å². The van der Waals surface area contributed by atoms with Crippen LogP contribution in [-0.4, -0.2) is 25.5 Å². The van der Waals surface area contributed by atoms with Gasteiger partial charge >= 0.3 is 0 Å². The third kappa shape index (κ3) is 2.90. The number of carbonyl (C=O) groups is 1. The van der Waals surface area contributed by atoms with E-state index < -0.39 is 0 Å². The topological polar surface area (TPSA) is 83.3 Å². The second kappa shape index (κ2) is 6.46. The largest absolute Gasteiger partial charge is 0.392 e. The van der Waals surface area contributed by atoms with E-state index in [-0.39, 0.29) is 12.5 Å². The Balaban J connectivity index is 1.75. The van der Waals surface area contributed by atoms with Gasteiger partial charge in [-0.3, -0.25) is 9.36 Å². The maximum atomic E-state index is 12.6. The van der Waals surface area contributed by atoms with Crippen molar-refractivity contribution in [2.75, 3.05) is 0 Å². The zero-order chi connectivity index (χ0) is 17.2. The van der Waals surface area contributed by atoms with Crippen LogP contribution in [0.15, 0.2) is 65.4 Å². The summed E-state index contributed by atoms with van der Waals surface area (Å²) in [5.74, 6) is -0.317. The van der Waals surface area contributed by atoms with E-state index in [2.05, 4.69) is 15.0 Å². The lowest BCUT2D eigenvalue weighted by Crippen LogP contribution is -2.14. The Labute approximate surface area is 146 Å². The number of carbonyl (C=O) groups excluding carboxylic acids is 1. The molecule has 1 amide bonds. The summed E-state index contributed by atoms with van der Waals surface area (Å²) in [6.07, 6.45) is 5.17. The number of fused-ring (bicyclic) bond motifs is 1. The minimum absolute atomic E-state index is 0.00109. The van der Waals surface area contributed by atoms with E-state index in [1.165, 1.54) is 11.3 Å². The van der Waals surface area contributed by atoms with Gasteiger partial charge in [0.25, 0.3) is 5.91 Å². The molecule has 0 saturated heterocycles. The molecule has 124 valence electrons. The first kappa shape index (κ1) is 15.5. The number of benzene rings is 1. The van der Waals surface area contributed by atoms with Crippen molar-refractivity contribution in [3.8, 4) is 5.69 Å². The number of aliphatic hydroxyl groups is 1. The fraction of sp³-hybridized carbons (Fsp3) is 0.0556. The summed E-state index contributed by atoms with van der Waals surface area (Å²) >= 11 is 1.39. The highest BCUT2D eigenvalue weighted by molar-refractivity contribution is 7.07. The molecule has 0 aliphatic heterocycles. The first-order valence-corrected chi connectivity index (χ1v) is 8.52. The zero-order valence-corrected chi connectivity index (χ0v) is 13.9. The second-order valence-corrected chi connectivity index (χ2v) is 6.27. The lowest BCUT2D eigenvalue weighted by molar-refractivity contribution is 0.0999. The number of thiazole rings is 1. The highest BCUT2D eigenvalue weighted by Crippen LogP contribution is 2.16. The van der Waals surface area contributed by atoms with Gasteiger partial charge < -0.3 is 10.1 Å². The van der Waals surface area contributed by atoms with E-state index >= 15 is 0 Å². The number of pyridine rings is 1. The van der Waals surface area contributed by atoms with Crippen LogP contribution in [0.2, 0.25) is 0 Å². The van der Waals surface area contributed by atoms with Gasteiger partial charge in [0, 0.05) is 35.0 Å². The standard InChI is InChI=1S/C18H14N4O2S/c23-11-12-3-5-13(6-4-12)22-8-9-25-18(22)21-17(24)15-10-20-16-14(15)2-1-7-19-16/h1-10,23H,11H2,(H,19,20)/b21-18-. The van der Waals surface area contributed by atoms with E-state index in [1.807, 2.05) is 46.5 Å². The predicted molar refractivity (Wildman–Crippen MR) is 95.6 cm³/mol. The van der Waals surface area contributed by atoms with Crippen LogP contribution in [0.4, 0.5) is 0 Å². The van der Waals surface area contributed by atoms with Gasteiger partial charge in [-0.15, -0.1) is 11.3 Å². The number of amides is 1. The van der Waals surface area contributed by atoms with Crippen LogP contribution in [0.5, 0.6) is 0 Å². The highest BCUT2D eigenvalue weighted by Gasteiger charge is 2.12. The van der Waals surface area contributed by atoms with Crippen LogP contribution in [0.25, 0.3) is 16.7 Å². The number of hydrogen-bond donors (Lipinski definition) is 2. The molecule has 0 fully saturated rings. The number of hydrogen-bond acceptors (Lipinski definition) is 4. The van der Waals surface area contributed by atoms with Crippen molar-refractivity contribution in [2.24, 2.45) is 4.99 Å². The van der Waals surface area contributed by atoms with E-state index in [0.717, 1.165) is 16.6 Å². The molecular weight excluding hydrogens is 336 g/mol. The SMILES string of the molecule is O=C(/N=c1\sccn1-c1ccc(CO)cc1)c1c[nH]c2ncccc12. The molecule has 0 radical (unpaired) electrons. The first-order chi connectivity index (χ1) is 12.3. The normalized spacial score (nSPS) is 12.0. The van der Waals surface area contributed by atoms with Gasteiger partial charge in [-0.25, -0.2) is 4.98 Å². The summed E-state index contributed by atoms with van der Waals surface area (Å²) in [5, 5.41) is 11.8. The molecule has 25 heavy (non-hydrogen) atoms. The van der Waals surface area contributed by atoms with Crippen LogP contribution in [0, 0.1) is 0 Å². The zero-order valence-electron chi connectivity index (χ0n) is 13.1.